The minimum Gasteiger partial charge on any atom is -0.478 e. The number of morpholine rings is 1. The molecular weight excluding hydrogens is 206 g/mol. The number of carbonyl (C=O) groups is 1. The second-order valence-electron chi connectivity index (χ2n) is 3.97. The van der Waals surface area contributed by atoms with Gasteiger partial charge in [-0.15, -0.1) is 0 Å². The van der Waals surface area contributed by atoms with Crippen LogP contribution in [0, 0.1) is 0 Å². The first-order valence-corrected chi connectivity index (χ1v) is 5.36. The molecule has 1 aromatic rings. The van der Waals surface area contributed by atoms with Crippen LogP contribution >= 0.6 is 0 Å². The number of anilines is 1. The van der Waals surface area contributed by atoms with Gasteiger partial charge in [0.15, 0.2) is 0 Å². The van der Waals surface area contributed by atoms with Crippen LogP contribution in [0.1, 0.15) is 17.3 Å². The summed E-state index contributed by atoms with van der Waals surface area (Å²) < 4.78 is 5.35. The van der Waals surface area contributed by atoms with Crippen LogP contribution in [0.25, 0.3) is 0 Å². The van der Waals surface area contributed by atoms with Crippen molar-refractivity contribution in [1.29, 1.82) is 0 Å². The van der Waals surface area contributed by atoms with Gasteiger partial charge in [-0.05, 0) is 25.1 Å². The highest BCUT2D eigenvalue weighted by molar-refractivity contribution is 5.88. The number of ether oxygens (including phenoxy) is 1. The van der Waals surface area contributed by atoms with Crippen molar-refractivity contribution in [3.8, 4) is 0 Å². The van der Waals surface area contributed by atoms with Gasteiger partial charge < -0.3 is 14.7 Å². The van der Waals surface area contributed by atoms with Crippen LogP contribution in [0.2, 0.25) is 0 Å². The lowest BCUT2D eigenvalue weighted by Crippen LogP contribution is -2.43. The van der Waals surface area contributed by atoms with Crippen LogP contribution in [-0.4, -0.2) is 36.9 Å². The first-order valence-electron chi connectivity index (χ1n) is 5.36. The first kappa shape index (κ1) is 11.0. The topological polar surface area (TPSA) is 49.8 Å². The van der Waals surface area contributed by atoms with E-state index in [0.29, 0.717) is 18.8 Å². The Hall–Kier alpha value is -1.55. The summed E-state index contributed by atoms with van der Waals surface area (Å²) in [4.78, 5) is 13.1. The fraction of sp³-hybridized carbons (Fsp3) is 0.417. The number of aromatic carboxylic acids is 1. The number of benzene rings is 1. The summed E-state index contributed by atoms with van der Waals surface area (Å²) in [6.07, 6.45) is 0. The largest absolute Gasteiger partial charge is 0.478 e. The average Bonchev–Trinajstić information content (AvgIpc) is 2.30. The molecule has 1 saturated heterocycles. The maximum atomic E-state index is 10.9. The molecule has 1 heterocycles. The van der Waals surface area contributed by atoms with Crippen LogP contribution in [0.3, 0.4) is 0 Å². The Kier molecular flexibility index (Phi) is 3.10. The Balaban J connectivity index is 2.25. The molecule has 0 spiro atoms. The van der Waals surface area contributed by atoms with Crippen molar-refractivity contribution in [3.05, 3.63) is 29.8 Å². The Labute approximate surface area is 94.4 Å². The van der Waals surface area contributed by atoms with Gasteiger partial charge in [-0.1, -0.05) is 6.07 Å². The van der Waals surface area contributed by atoms with Crippen molar-refractivity contribution in [2.75, 3.05) is 24.7 Å². The Morgan fingerprint density at radius 2 is 2.38 bits per heavy atom. The lowest BCUT2D eigenvalue weighted by Gasteiger charge is -2.35. The molecule has 1 aliphatic rings. The van der Waals surface area contributed by atoms with Gasteiger partial charge in [-0.25, -0.2) is 4.79 Å². The van der Waals surface area contributed by atoms with Gasteiger partial charge in [-0.2, -0.15) is 0 Å². The molecule has 0 amide bonds. The van der Waals surface area contributed by atoms with E-state index in [4.69, 9.17) is 9.84 Å². The zero-order chi connectivity index (χ0) is 11.5. The molecule has 1 aromatic carbocycles. The molecule has 16 heavy (non-hydrogen) atoms. The van der Waals surface area contributed by atoms with E-state index in [1.54, 1.807) is 18.2 Å². The molecule has 0 bridgehead atoms. The molecule has 1 unspecified atom stereocenters. The van der Waals surface area contributed by atoms with E-state index in [0.717, 1.165) is 12.2 Å². The lowest BCUT2D eigenvalue weighted by atomic mass is 10.1. The zero-order valence-electron chi connectivity index (χ0n) is 9.22. The molecule has 1 aliphatic heterocycles. The summed E-state index contributed by atoms with van der Waals surface area (Å²) in [7, 11) is 0. The summed E-state index contributed by atoms with van der Waals surface area (Å²) in [5, 5.41) is 8.93. The van der Waals surface area contributed by atoms with Crippen LogP contribution in [0.15, 0.2) is 24.3 Å². The molecule has 86 valence electrons. The second-order valence-corrected chi connectivity index (χ2v) is 3.97. The van der Waals surface area contributed by atoms with E-state index >= 15 is 0 Å². The molecule has 2 rings (SSSR count). The number of carboxylic acids is 1. The minimum atomic E-state index is -0.886. The van der Waals surface area contributed by atoms with E-state index in [-0.39, 0.29) is 6.04 Å². The smallest absolute Gasteiger partial charge is 0.335 e. The van der Waals surface area contributed by atoms with Gasteiger partial charge in [-0.3, -0.25) is 0 Å². The van der Waals surface area contributed by atoms with Gasteiger partial charge >= 0.3 is 5.97 Å². The molecule has 0 aliphatic carbocycles. The summed E-state index contributed by atoms with van der Waals surface area (Å²) in [5.74, 6) is -0.886. The molecule has 1 N–H and O–H groups in total. The number of nitrogens with zero attached hydrogens (tertiary/aromatic N) is 1. The molecule has 1 fully saturated rings. The molecule has 0 radical (unpaired) electrons. The fourth-order valence-corrected chi connectivity index (χ4v) is 1.93. The predicted molar refractivity (Wildman–Crippen MR) is 61.0 cm³/mol. The third kappa shape index (κ3) is 2.17. The van der Waals surface area contributed by atoms with Gasteiger partial charge in [0, 0.05) is 18.3 Å². The Morgan fingerprint density at radius 3 is 3.06 bits per heavy atom. The molecule has 0 aromatic heterocycles. The van der Waals surface area contributed by atoms with Gasteiger partial charge in [0.05, 0.1) is 18.8 Å². The van der Waals surface area contributed by atoms with Crippen LogP contribution in [0.4, 0.5) is 5.69 Å². The van der Waals surface area contributed by atoms with Gasteiger partial charge in [0.1, 0.15) is 0 Å². The van der Waals surface area contributed by atoms with E-state index in [2.05, 4.69) is 11.8 Å². The van der Waals surface area contributed by atoms with Gasteiger partial charge in [0.2, 0.25) is 0 Å². The summed E-state index contributed by atoms with van der Waals surface area (Å²) >= 11 is 0. The van der Waals surface area contributed by atoms with E-state index < -0.39 is 5.97 Å². The van der Waals surface area contributed by atoms with Crippen molar-refractivity contribution in [3.63, 3.8) is 0 Å². The van der Waals surface area contributed by atoms with Crippen LogP contribution in [-0.2, 0) is 4.74 Å². The van der Waals surface area contributed by atoms with E-state index in [9.17, 15) is 4.79 Å². The van der Waals surface area contributed by atoms with Crippen LogP contribution < -0.4 is 4.90 Å². The molecule has 0 saturated carbocycles. The number of carboxylic acid groups (broad SMARTS) is 1. The predicted octanol–water partition coefficient (Wildman–Crippen LogP) is 1.61. The molecular formula is C12H15NO3. The number of rotatable bonds is 2. The number of hydrogen-bond donors (Lipinski definition) is 1. The van der Waals surface area contributed by atoms with Crippen molar-refractivity contribution in [1.82, 2.24) is 0 Å². The highest BCUT2D eigenvalue weighted by Crippen LogP contribution is 2.20. The monoisotopic (exact) mass is 221 g/mol. The standard InChI is InChI=1S/C12H15NO3/c1-9-8-16-6-5-13(9)11-4-2-3-10(7-11)12(14)15/h2-4,7,9H,5-6,8H2,1H3,(H,14,15). The third-order valence-corrected chi connectivity index (χ3v) is 2.79. The van der Waals surface area contributed by atoms with E-state index in [1.165, 1.54) is 0 Å². The van der Waals surface area contributed by atoms with Crippen molar-refractivity contribution in [2.45, 2.75) is 13.0 Å². The lowest BCUT2D eigenvalue weighted by molar-refractivity contribution is 0.0697. The van der Waals surface area contributed by atoms with E-state index in [1.807, 2.05) is 6.07 Å². The normalized spacial score (nSPS) is 20.8. The van der Waals surface area contributed by atoms with Crippen molar-refractivity contribution in [2.24, 2.45) is 0 Å². The number of hydrogen-bond acceptors (Lipinski definition) is 3. The average molecular weight is 221 g/mol. The highest BCUT2D eigenvalue weighted by atomic mass is 16.5. The Bertz CT molecular complexity index is 392. The molecule has 1 atom stereocenters. The zero-order valence-corrected chi connectivity index (χ0v) is 9.22. The Morgan fingerprint density at radius 1 is 1.56 bits per heavy atom. The van der Waals surface area contributed by atoms with Crippen LogP contribution in [0.5, 0.6) is 0 Å². The minimum absolute atomic E-state index is 0.290. The summed E-state index contributed by atoms with van der Waals surface area (Å²) in [5.41, 5.74) is 1.28. The molecule has 4 heteroatoms. The molecule has 4 nitrogen and oxygen atoms in total. The third-order valence-electron chi connectivity index (χ3n) is 2.79. The maximum Gasteiger partial charge on any atom is 0.335 e. The highest BCUT2D eigenvalue weighted by Gasteiger charge is 2.19. The summed E-state index contributed by atoms with van der Waals surface area (Å²) in [6, 6.07) is 7.33. The van der Waals surface area contributed by atoms with Gasteiger partial charge in [0.25, 0.3) is 0 Å². The fourth-order valence-electron chi connectivity index (χ4n) is 1.93. The SMILES string of the molecule is CC1COCCN1c1cccc(C(=O)O)c1. The van der Waals surface area contributed by atoms with Crippen molar-refractivity contribution >= 4 is 11.7 Å². The maximum absolute atomic E-state index is 10.9. The quantitative estimate of drug-likeness (QED) is 0.824. The first-order chi connectivity index (χ1) is 7.68. The summed E-state index contributed by atoms with van der Waals surface area (Å²) in [6.45, 7) is 4.27. The second kappa shape index (κ2) is 4.53. The van der Waals surface area contributed by atoms with Crippen molar-refractivity contribution < 1.29 is 14.6 Å².